The second kappa shape index (κ2) is 4.68. The van der Waals surface area contributed by atoms with Crippen LogP contribution in [0.5, 0.6) is 0 Å². The monoisotopic (exact) mass is 354 g/mol. The van der Waals surface area contributed by atoms with Crippen molar-refractivity contribution in [3.05, 3.63) is 11.6 Å². The van der Waals surface area contributed by atoms with Gasteiger partial charge in [-0.2, -0.15) is 0 Å². The Bertz CT molecular complexity index is 626. The second-order valence-electron chi connectivity index (χ2n) is 10.2. The first kappa shape index (κ1) is 19.3. The first-order chi connectivity index (χ1) is 10.9. The van der Waals surface area contributed by atoms with Crippen LogP contribution in [0.2, 0.25) is 0 Å². The predicted octanol–water partition coefficient (Wildman–Crippen LogP) is 3.08. The summed E-state index contributed by atoms with van der Waals surface area (Å²) in [6.45, 7) is 17.3. The van der Waals surface area contributed by atoms with Gasteiger partial charge in [0.2, 0.25) is 0 Å². The first-order valence-electron chi connectivity index (χ1n) is 9.16. The van der Waals surface area contributed by atoms with Crippen molar-refractivity contribution in [3.8, 4) is 0 Å². The Kier molecular flexibility index (Phi) is 3.62. The van der Waals surface area contributed by atoms with Crippen LogP contribution in [0, 0.1) is 0 Å². The predicted molar refractivity (Wildman–Crippen MR) is 95.2 cm³/mol. The highest BCUT2D eigenvalue weighted by Gasteiger charge is 2.74. The lowest BCUT2D eigenvalue weighted by molar-refractivity contribution is -0.294. The quantitative estimate of drug-likeness (QED) is 0.708. The third-order valence-corrected chi connectivity index (χ3v) is 6.86. The normalized spacial score (nSPS) is 44.7. The maximum atomic E-state index is 11.0. The summed E-state index contributed by atoms with van der Waals surface area (Å²) < 4.78 is 19.2. The molecule has 0 bridgehead atoms. The molecule has 3 rings (SSSR count). The number of rotatable bonds is 1. The van der Waals surface area contributed by atoms with Crippen molar-refractivity contribution >= 4 is 0 Å². The van der Waals surface area contributed by atoms with Gasteiger partial charge in [0.1, 0.15) is 16.8 Å². The summed E-state index contributed by atoms with van der Waals surface area (Å²) in [6, 6.07) is 0. The van der Waals surface area contributed by atoms with E-state index >= 15 is 0 Å². The summed E-state index contributed by atoms with van der Waals surface area (Å²) in [6.07, 6.45) is 2.94. The van der Waals surface area contributed by atoms with Gasteiger partial charge in [0.15, 0.2) is 5.79 Å². The van der Waals surface area contributed by atoms with Crippen LogP contribution >= 0.6 is 0 Å². The van der Waals surface area contributed by atoms with Crippen molar-refractivity contribution in [2.45, 2.75) is 115 Å². The molecular formula is C20H34O5. The Hall–Kier alpha value is -0.460. The van der Waals surface area contributed by atoms with Gasteiger partial charge < -0.3 is 24.4 Å². The van der Waals surface area contributed by atoms with E-state index in [4.69, 9.17) is 14.2 Å². The van der Waals surface area contributed by atoms with Gasteiger partial charge in [-0.15, -0.1) is 0 Å². The van der Waals surface area contributed by atoms with Crippen LogP contribution in [0.25, 0.3) is 0 Å². The van der Waals surface area contributed by atoms with Gasteiger partial charge in [0.05, 0.1) is 16.8 Å². The third-order valence-electron chi connectivity index (χ3n) is 6.86. The molecule has 0 unspecified atom stereocenters. The van der Waals surface area contributed by atoms with Crippen LogP contribution in [0.15, 0.2) is 11.6 Å². The molecule has 2 N–H and O–H groups in total. The fourth-order valence-corrected chi connectivity index (χ4v) is 4.65. The van der Waals surface area contributed by atoms with Crippen molar-refractivity contribution in [1.29, 1.82) is 0 Å². The summed E-state index contributed by atoms with van der Waals surface area (Å²) >= 11 is 0. The molecule has 0 aliphatic carbocycles. The lowest BCUT2D eigenvalue weighted by atomic mass is 9.74. The highest BCUT2D eigenvalue weighted by Crippen LogP contribution is 2.63. The second-order valence-corrected chi connectivity index (χ2v) is 10.2. The van der Waals surface area contributed by atoms with Crippen LogP contribution in [0.4, 0.5) is 0 Å². The molecule has 25 heavy (non-hydrogen) atoms. The summed E-state index contributed by atoms with van der Waals surface area (Å²) in [4.78, 5) is 0. The Labute approximate surface area is 151 Å². The largest absolute Gasteiger partial charge is 0.385 e. The van der Waals surface area contributed by atoms with Gasteiger partial charge in [-0.3, -0.25) is 0 Å². The zero-order chi connectivity index (χ0) is 19.3. The average molecular weight is 354 g/mol. The lowest BCUT2D eigenvalue weighted by Crippen LogP contribution is -2.51. The minimum Gasteiger partial charge on any atom is -0.385 e. The number of hydrogen-bond acceptors (Lipinski definition) is 5. The summed E-state index contributed by atoms with van der Waals surface area (Å²) in [7, 11) is 0. The van der Waals surface area contributed by atoms with E-state index in [1.54, 1.807) is 13.8 Å². The van der Waals surface area contributed by atoms with Crippen molar-refractivity contribution < 1.29 is 24.4 Å². The molecule has 2 saturated heterocycles. The number of hydrogen-bond donors (Lipinski definition) is 2. The van der Waals surface area contributed by atoms with E-state index in [0.29, 0.717) is 6.42 Å². The highest BCUT2D eigenvalue weighted by molar-refractivity contribution is 5.34. The van der Waals surface area contributed by atoms with Crippen LogP contribution in [0.1, 0.15) is 75.2 Å². The van der Waals surface area contributed by atoms with Crippen LogP contribution in [-0.2, 0) is 14.2 Å². The number of ether oxygens (including phenoxy) is 3. The molecular weight excluding hydrogens is 320 g/mol. The van der Waals surface area contributed by atoms with E-state index in [-0.39, 0.29) is 12.0 Å². The topological polar surface area (TPSA) is 68.2 Å². The summed E-state index contributed by atoms with van der Waals surface area (Å²) in [5.74, 6) is -1.68. The molecule has 3 aliphatic rings. The minimum atomic E-state index is -1.68. The molecule has 3 aliphatic heterocycles. The third kappa shape index (κ3) is 2.39. The molecule has 5 nitrogen and oxygen atoms in total. The Morgan fingerprint density at radius 1 is 0.920 bits per heavy atom. The molecule has 5 heteroatoms. The minimum absolute atomic E-state index is 0.193. The maximum Gasteiger partial charge on any atom is 0.197 e. The molecule has 144 valence electrons. The van der Waals surface area contributed by atoms with Crippen LogP contribution < -0.4 is 0 Å². The zero-order valence-corrected chi connectivity index (χ0v) is 17.1. The fourth-order valence-electron chi connectivity index (χ4n) is 4.65. The molecule has 2 fully saturated rings. The molecule has 0 saturated carbocycles. The SMILES string of the molecule is CC1=C[C@@]2(C[C@@]3(C[C@](O)(C(C)(C)O)OC3(C)C)OC2(C)C)OC1(C)C. The first-order valence-corrected chi connectivity index (χ1v) is 9.16. The molecule has 0 aromatic carbocycles. The lowest BCUT2D eigenvalue weighted by Gasteiger charge is -2.37. The smallest absolute Gasteiger partial charge is 0.197 e. The van der Waals surface area contributed by atoms with Gasteiger partial charge in [-0.05, 0) is 74.0 Å². The van der Waals surface area contributed by atoms with Gasteiger partial charge >= 0.3 is 0 Å². The molecule has 2 spiro atoms. The molecule has 0 radical (unpaired) electrons. The molecule has 0 aromatic rings. The number of aliphatic hydroxyl groups is 2. The van der Waals surface area contributed by atoms with E-state index in [2.05, 4.69) is 26.8 Å². The Morgan fingerprint density at radius 3 is 1.88 bits per heavy atom. The van der Waals surface area contributed by atoms with Crippen molar-refractivity contribution in [3.63, 3.8) is 0 Å². The maximum absolute atomic E-state index is 11.0. The standard InChI is InChI=1S/C20H34O5/c1-13-10-18(23-14(13,2)3)11-19(24-16(18,6)7)12-20(22,15(4,5)21)25-17(19,8)9/h10,21-22H,11-12H2,1-9H3/t18-,19-,20+/m0/s1. The van der Waals surface area contributed by atoms with Gasteiger partial charge in [0, 0.05) is 12.8 Å². The van der Waals surface area contributed by atoms with Gasteiger partial charge in [-0.1, -0.05) is 0 Å². The van der Waals surface area contributed by atoms with E-state index in [1.165, 1.54) is 5.57 Å². The average Bonchev–Trinajstić information content (AvgIpc) is 2.76. The Balaban J connectivity index is 2.06. The Morgan fingerprint density at radius 2 is 1.48 bits per heavy atom. The molecule has 3 heterocycles. The zero-order valence-electron chi connectivity index (χ0n) is 17.1. The van der Waals surface area contributed by atoms with Crippen molar-refractivity contribution in [2.24, 2.45) is 0 Å². The molecule has 0 amide bonds. The molecule has 3 atom stereocenters. The fraction of sp³-hybridized carbons (Fsp3) is 0.900. The van der Waals surface area contributed by atoms with Crippen molar-refractivity contribution in [1.82, 2.24) is 0 Å². The summed E-state index contributed by atoms with van der Waals surface area (Å²) in [5.41, 5.74) is -3.31. The highest BCUT2D eigenvalue weighted by atomic mass is 16.7. The van der Waals surface area contributed by atoms with E-state index in [1.807, 2.05) is 27.7 Å². The van der Waals surface area contributed by atoms with E-state index < -0.39 is 33.8 Å². The van der Waals surface area contributed by atoms with E-state index in [0.717, 1.165) is 0 Å². The van der Waals surface area contributed by atoms with Crippen LogP contribution in [0.3, 0.4) is 0 Å². The van der Waals surface area contributed by atoms with E-state index in [9.17, 15) is 10.2 Å². The van der Waals surface area contributed by atoms with Gasteiger partial charge in [0.25, 0.3) is 0 Å². The summed E-state index contributed by atoms with van der Waals surface area (Å²) in [5, 5.41) is 21.5. The molecule has 0 aromatic heterocycles. The van der Waals surface area contributed by atoms with Crippen molar-refractivity contribution in [2.75, 3.05) is 0 Å². The van der Waals surface area contributed by atoms with Gasteiger partial charge in [-0.25, -0.2) is 0 Å². The van der Waals surface area contributed by atoms with Crippen LogP contribution in [-0.4, -0.2) is 49.6 Å².